The maximum Gasteiger partial charge on any atom is 0.338 e. The van der Waals surface area contributed by atoms with E-state index in [9.17, 15) is 9.59 Å². The predicted molar refractivity (Wildman–Crippen MR) is 91.2 cm³/mol. The Balaban J connectivity index is 1.47. The number of ether oxygens (including phenoxy) is 3. The summed E-state index contributed by atoms with van der Waals surface area (Å²) in [7, 11) is 0. The van der Waals surface area contributed by atoms with Gasteiger partial charge in [0.05, 0.1) is 15.6 Å². The maximum absolute atomic E-state index is 11.9. The van der Waals surface area contributed by atoms with E-state index in [4.69, 9.17) is 37.4 Å². The summed E-state index contributed by atoms with van der Waals surface area (Å²) in [4.78, 5) is 23.7. The molecule has 0 unspecified atom stereocenters. The zero-order valence-electron chi connectivity index (χ0n) is 12.9. The van der Waals surface area contributed by atoms with E-state index in [1.807, 2.05) is 6.07 Å². The molecule has 2 aromatic rings. The molecule has 0 bridgehead atoms. The van der Waals surface area contributed by atoms with Crippen LogP contribution in [0.25, 0.3) is 0 Å². The largest absolute Gasteiger partial charge is 0.454 e. The molecule has 1 N–H and O–H groups in total. The van der Waals surface area contributed by atoms with Crippen molar-refractivity contribution in [3.8, 4) is 11.5 Å². The standard InChI is InChI=1S/C17H13Cl2NO5/c18-12-3-2-11(6-13(12)19)17(22)23-8-16(21)20-7-10-1-4-14-15(5-10)25-9-24-14/h1-6H,7-9H2,(H,20,21). The molecule has 0 radical (unpaired) electrons. The highest BCUT2D eigenvalue weighted by atomic mass is 35.5. The average Bonchev–Trinajstić information content (AvgIpc) is 3.08. The molecule has 1 aliphatic rings. The van der Waals surface area contributed by atoms with Crippen LogP contribution in [0.1, 0.15) is 15.9 Å². The number of esters is 1. The summed E-state index contributed by atoms with van der Waals surface area (Å²) in [5.74, 6) is 0.228. The first-order chi connectivity index (χ1) is 12.0. The van der Waals surface area contributed by atoms with Gasteiger partial charge in [0.1, 0.15) is 0 Å². The summed E-state index contributed by atoms with van der Waals surface area (Å²) in [6, 6.07) is 9.71. The van der Waals surface area contributed by atoms with Gasteiger partial charge in [0.25, 0.3) is 5.91 Å². The molecule has 0 atom stereocenters. The molecule has 2 aromatic carbocycles. The topological polar surface area (TPSA) is 73.9 Å². The van der Waals surface area contributed by atoms with Crippen molar-refractivity contribution in [2.75, 3.05) is 13.4 Å². The second kappa shape index (κ2) is 7.63. The zero-order valence-corrected chi connectivity index (χ0v) is 14.4. The van der Waals surface area contributed by atoms with Crippen LogP contribution in [-0.2, 0) is 16.1 Å². The lowest BCUT2D eigenvalue weighted by Gasteiger charge is -2.08. The van der Waals surface area contributed by atoms with E-state index in [0.717, 1.165) is 5.56 Å². The number of carbonyl (C=O) groups excluding carboxylic acids is 2. The lowest BCUT2D eigenvalue weighted by Crippen LogP contribution is -2.28. The number of fused-ring (bicyclic) bond motifs is 1. The molecule has 1 amide bonds. The molecule has 8 heteroatoms. The molecule has 25 heavy (non-hydrogen) atoms. The van der Waals surface area contributed by atoms with Crippen molar-refractivity contribution in [1.29, 1.82) is 0 Å². The van der Waals surface area contributed by atoms with Crippen molar-refractivity contribution in [1.82, 2.24) is 5.32 Å². The van der Waals surface area contributed by atoms with E-state index in [2.05, 4.69) is 5.32 Å². The summed E-state index contributed by atoms with van der Waals surface area (Å²) < 4.78 is 15.4. The number of hydrogen-bond donors (Lipinski definition) is 1. The van der Waals surface area contributed by atoms with Crippen LogP contribution in [0.4, 0.5) is 0 Å². The van der Waals surface area contributed by atoms with Crippen molar-refractivity contribution in [3.05, 3.63) is 57.6 Å². The van der Waals surface area contributed by atoms with Gasteiger partial charge in [0.2, 0.25) is 6.79 Å². The minimum Gasteiger partial charge on any atom is -0.454 e. The Bertz CT molecular complexity index is 825. The van der Waals surface area contributed by atoms with Gasteiger partial charge in [-0.05, 0) is 35.9 Å². The SMILES string of the molecule is O=C(COC(=O)c1ccc(Cl)c(Cl)c1)NCc1ccc2c(c1)OCO2. The van der Waals surface area contributed by atoms with Crippen LogP contribution < -0.4 is 14.8 Å². The van der Waals surface area contributed by atoms with Crippen molar-refractivity contribution >= 4 is 35.1 Å². The third kappa shape index (κ3) is 4.35. The Morgan fingerprint density at radius 2 is 1.84 bits per heavy atom. The third-order valence-electron chi connectivity index (χ3n) is 3.42. The Morgan fingerprint density at radius 1 is 1.04 bits per heavy atom. The average molecular weight is 382 g/mol. The molecular formula is C17H13Cl2NO5. The molecule has 6 nitrogen and oxygen atoms in total. The van der Waals surface area contributed by atoms with Crippen molar-refractivity contribution in [2.24, 2.45) is 0 Å². The number of benzene rings is 2. The van der Waals surface area contributed by atoms with Gasteiger partial charge >= 0.3 is 5.97 Å². The summed E-state index contributed by atoms with van der Waals surface area (Å²) in [6.45, 7) is 0.0687. The first-order valence-electron chi connectivity index (χ1n) is 7.30. The quantitative estimate of drug-likeness (QED) is 0.804. The predicted octanol–water partition coefficient (Wildman–Crippen LogP) is 3.20. The molecule has 1 aliphatic heterocycles. The number of carbonyl (C=O) groups is 2. The fourth-order valence-corrected chi connectivity index (χ4v) is 2.44. The smallest absolute Gasteiger partial charge is 0.338 e. The van der Waals surface area contributed by atoms with Crippen LogP contribution in [0.15, 0.2) is 36.4 Å². The van der Waals surface area contributed by atoms with E-state index in [-0.39, 0.29) is 23.9 Å². The minimum absolute atomic E-state index is 0.190. The summed E-state index contributed by atoms with van der Waals surface area (Å²) in [6.07, 6.45) is 0. The van der Waals surface area contributed by atoms with Gasteiger partial charge in [-0.3, -0.25) is 4.79 Å². The van der Waals surface area contributed by atoms with E-state index in [1.54, 1.807) is 12.1 Å². The van der Waals surface area contributed by atoms with Crippen LogP contribution in [0.5, 0.6) is 11.5 Å². The normalized spacial score (nSPS) is 11.9. The Morgan fingerprint density at radius 3 is 2.64 bits per heavy atom. The minimum atomic E-state index is -0.656. The number of halogens is 2. The Kier molecular flexibility index (Phi) is 5.31. The molecule has 1 heterocycles. The van der Waals surface area contributed by atoms with E-state index >= 15 is 0 Å². The van der Waals surface area contributed by atoms with Gasteiger partial charge in [0.15, 0.2) is 18.1 Å². The molecule has 0 fully saturated rings. The lowest BCUT2D eigenvalue weighted by atomic mass is 10.2. The number of hydrogen-bond acceptors (Lipinski definition) is 5. The number of rotatable bonds is 5. The lowest BCUT2D eigenvalue weighted by molar-refractivity contribution is -0.124. The number of nitrogens with one attached hydrogen (secondary N) is 1. The van der Waals surface area contributed by atoms with Crippen LogP contribution in [0.3, 0.4) is 0 Å². The van der Waals surface area contributed by atoms with Crippen molar-refractivity contribution < 1.29 is 23.8 Å². The summed E-state index contributed by atoms with van der Waals surface area (Å²) in [5.41, 5.74) is 1.06. The highest BCUT2D eigenvalue weighted by molar-refractivity contribution is 6.42. The molecule has 130 valence electrons. The summed E-state index contributed by atoms with van der Waals surface area (Å²) >= 11 is 11.6. The van der Waals surface area contributed by atoms with Gasteiger partial charge in [-0.2, -0.15) is 0 Å². The molecule has 3 rings (SSSR count). The van der Waals surface area contributed by atoms with E-state index in [0.29, 0.717) is 16.5 Å². The van der Waals surface area contributed by atoms with E-state index in [1.165, 1.54) is 18.2 Å². The zero-order chi connectivity index (χ0) is 17.8. The second-order valence-electron chi connectivity index (χ2n) is 5.17. The molecule has 0 saturated carbocycles. The number of amides is 1. The highest BCUT2D eigenvalue weighted by Gasteiger charge is 2.14. The van der Waals surface area contributed by atoms with Gasteiger partial charge in [-0.1, -0.05) is 29.3 Å². The van der Waals surface area contributed by atoms with Gasteiger partial charge in [-0.15, -0.1) is 0 Å². The second-order valence-corrected chi connectivity index (χ2v) is 5.98. The first kappa shape index (κ1) is 17.4. The van der Waals surface area contributed by atoms with Crippen LogP contribution in [0, 0.1) is 0 Å². The van der Waals surface area contributed by atoms with Gasteiger partial charge in [0, 0.05) is 6.54 Å². The third-order valence-corrected chi connectivity index (χ3v) is 4.16. The van der Waals surface area contributed by atoms with E-state index < -0.39 is 18.5 Å². The Hall–Kier alpha value is -2.44. The molecule has 0 aromatic heterocycles. The van der Waals surface area contributed by atoms with Crippen molar-refractivity contribution in [3.63, 3.8) is 0 Å². The highest BCUT2D eigenvalue weighted by Crippen LogP contribution is 2.32. The molecule has 0 spiro atoms. The van der Waals surface area contributed by atoms with Gasteiger partial charge < -0.3 is 19.5 Å². The fourth-order valence-electron chi connectivity index (χ4n) is 2.14. The summed E-state index contributed by atoms with van der Waals surface area (Å²) in [5, 5.41) is 3.23. The first-order valence-corrected chi connectivity index (χ1v) is 8.06. The maximum atomic E-state index is 11.9. The monoisotopic (exact) mass is 381 g/mol. The molecule has 0 aliphatic carbocycles. The van der Waals surface area contributed by atoms with Crippen LogP contribution in [0.2, 0.25) is 10.0 Å². The fraction of sp³-hybridized carbons (Fsp3) is 0.176. The van der Waals surface area contributed by atoms with Crippen molar-refractivity contribution in [2.45, 2.75) is 6.54 Å². The molecule has 0 saturated heterocycles. The molecular weight excluding hydrogens is 369 g/mol. The van der Waals surface area contributed by atoms with Crippen LogP contribution >= 0.6 is 23.2 Å². The van der Waals surface area contributed by atoms with Crippen LogP contribution in [-0.4, -0.2) is 25.3 Å². The Labute approximate surface area is 153 Å². The van der Waals surface area contributed by atoms with Gasteiger partial charge in [-0.25, -0.2) is 4.79 Å².